The Kier molecular flexibility index (Phi) is 4.79. The largest absolute Gasteiger partial charge is 0.382 e. The van der Waals surface area contributed by atoms with Crippen LogP contribution in [0.5, 0.6) is 0 Å². The molecule has 1 saturated carbocycles. The Bertz CT molecular complexity index is 634. The van der Waals surface area contributed by atoms with Crippen molar-refractivity contribution in [3.05, 3.63) is 21.3 Å². The summed E-state index contributed by atoms with van der Waals surface area (Å²) in [6.45, 7) is 3.57. The van der Waals surface area contributed by atoms with Gasteiger partial charge in [-0.1, -0.05) is 29.6 Å². The normalized spacial score (nSPS) is 25.8. The molecule has 0 bridgehead atoms. The molecule has 5 nitrogen and oxygen atoms in total. The van der Waals surface area contributed by atoms with Crippen LogP contribution in [0.25, 0.3) is 0 Å². The fourth-order valence-electron chi connectivity index (χ4n) is 3.91. The summed E-state index contributed by atoms with van der Waals surface area (Å²) < 4.78 is 0.727. The highest BCUT2D eigenvalue weighted by atomic mass is 35.5. The van der Waals surface area contributed by atoms with Gasteiger partial charge < -0.3 is 9.74 Å². The number of halogens is 1. The predicted molar refractivity (Wildman–Crippen MR) is 95.8 cm³/mol. The molecule has 7 heteroatoms. The van der Waals surface area contributed by atoms with Crippen LogP contribution >= 0.6 is 22.9 Å². The Morgan fingerprint density at radius 1 is 1.21 bits per heavy atom. The molecule has 1 saturated heterocycles. The molecule has 4 rings (SSSR count). The average Bonchev–Trinajstić information content (AvgIpc) is 3.35. The zero-order chi connectivity index (χ0) is 16.5. The van der Waals surface area contributed by atoms with Crippen LogP contribution in [0.1, 0.15) is 37.0 Å². The number of thiophene rings is 1. The minimum absolute atomic E-state index is 0.0717. The molecule has 0 aromatic carbocycles. The van der Waals surface area contributed by atoms with Crippen LogP contribution in [0.3, 0.4) is 0 Å². The maximum absolute atomic E-state index is 12.7. The molecule has 1 unspecified atom stereocenters. The van der Waals surface area contributed by atoms with Gasteiger partial charge in [-0.3, -0.25) is 9.69 Å². The molecule has 3 heterocycles. The summed E-state index contributed by atoms with van der Waals surface area (Å²) in [5.74, 6) is 0.0717. The number of nitrogens with zero attached hydrogens (tertiary/aromatic N) is 3. The molecule has 2 aliphatic heterocycles. The first-order chi connectivity index (χ1) is 11.7. The summed E-state index contributed by atoms with van der Waals surface area (Å²) in [5.41, 5.74) is 0.829. The Morgan fingerprint density at radius 3 is 2.62 bits per heavy atom. The molecule has 0 radical (unpaired) electrons. The van der Waals surface area contributed by atoms with Crippen molar-refractivity contribution >= 4 is 34.6 Å². The molecule has 1 amide bonds. The Morgan fingerprint density at radius 2 is 1.96 bits per heavy atom. The summed E-state index contributed by atoms with van der Waals surface area (Å²) in [4.78, 5) is 23.6. The maximum atomic E-state index is 12.7. The lowest BCUT2D eigenvalue weighted by atomic mass is 10.1. The van der Waals surface area contributed by atoms with Crippen LogP contribution in [0.15, 0.2) is 17.3 Å². The fraction of sp³-hybridized carbons (Fsp3) is 0.647. The molecule has 0 spiro atoms. The first-order valence-electron chi connectivity index (χ1n) is 8.72. The maximum Gasteiger partial charge on any atom is 0.266 e. The van der Waals surface area contributed by atoms with Crippen molar-refractivity contribution in [2.75, 3.05) is 26.2 Å². The number of piperazine rings is 1. The molecule has 1 atom stereocenters. The summed E-state index contributed by atoms with van der Waals surface area (Å²) in [7, 11) is 0. The van der Waals surface area contributed by atoms with Crippen LogP contribution in [0.2, 0.25) is 4.34 Å². The van der Waals surface area contributed by atoms with Gasteiger partial charge in [0.25, 0.3) is 5.91 Å². The second-order valence-electron chi connectivity index (χ2n) is 6.74. The van der Waals surface area contributed by atoms with Gasteiger partial charge in [-0.15, -0.1) is 11.3 Å². The third kappa shape index (κ3) is 3.32. The first kappa shape index (κ1) is 16.4. The van der Waals surface area contributed by atoms with Crippen molar-refractivity contribution < 1.29 is 9.63 Å². The molecular weight excluding hydrogens is 346 g/mol. The van der Waals surface area contributed by atoms with E-state index < -0.39 is 6.10 Å². The first-order valence-corrected chi connectivity index (χ1v) is 9.91. The van der Waals surface area contributed by atoms with Gasteiger partial charge in [-0.05, 0) is 25.0 Å². The summed E-state index contributed by atoms with van der Waals surface area (Å²) in [6.07, 6.45) is 5.41. The number of carbonyl (C=O) groups excluding carboxylic acids is 1. The van der Waals surface area contributed by atoms with Gasteiger partial charge in [0.15, 0.2) is 0 Å². The number of oxime groups is 1. The highest BCUT2D eigenvalue weighted by Crippen LogP contribution is 2.28. The molecule has 1 aromatic rings. The van der Waals surface area contributed by atoms with Crippen molar-refractivity contribution in [2.45, 2.75) is 44.2 Å². The second-order valence-corrected chi connectivity index (χ2v) is 8.45. The minimum Gasteiger partial charge on any atom is -0.382 e. The van der Waals surface area contributed by atoms with Crippen LogP contribution in [0, 0.1) is 0 Å². The zero-order valence-electron chi connectivity index (χ0n) is 13.6. The monoisotopic (exact) mass is 367 g/mol. The molecular formula is C17H22ClN3O2S. The van der Waals surface area contributed by atoms with Gasteiger partial charge in [0.1, 0.15) is 5.71 Å². The van der Waals surface area contributed by atoms with E-state index in [2.05, 4.69) is 10.1 Å². The lowest BCUT2D eigenvalue weighted by Crippen LogP contribution is -2.53. The lowest BCUT2D eigenvalue weighted by Gasteiger charge is -2.38. The fourth-order valence-corrected chi connectivity index (χ4v) is 4.94. The van der Waals surface area contributed by atoms with E-state index in [-0.39, 0.29) is 5.91 Å². The third-order valence-corrected chi connectivity index (χ3v) is 6.55. The van der Waals surface area contributed by atoms with E-state index >= 15 is 0 Å². The van der Waals surface area contributed by atoms with E-state index in [0.29, 0.717) is 6.42 Å². The Hall–Kier alpha value is -1.11. The van der Waals surface area contributed by atoms with Gasteiger partial charge in [0, 0.05) is 38.6 Å². The van der Waals surface area contributed by atoms with E-state index in [1.165, 1.54) is 37.0 Å². The molecule has 130 valence electrons. The summed E-state index contributed by atoms with van der Waals surface area (Å²) in [6, 6.07) is 4.52. The summed E-state index contributed by atoms with van der Waals surface area (Å²) in [5, 5.41) is 4.11. The zero-order valence-corrected chi connectivity index (χ0v) is 15.2. The molecule has 0 N–H and O–H groups in total. The van der Waals surface area contributed by atoms with E-state index in [4.69, 9.17) is 16.4 Å². The second kappa shape index (κ2) is 7.02. The van der Waals surface area contributed by atoms with E-state index in [9.17, 15) is 4.79 Å². The minimum atomic E-state index is -0.473. The smallest absolute Gasteiger partial charge is 0.266 e. The van der Waals surface area contributed by atoms with Crippen molar-refractivity contribution in [2.24, 2.45) is 5.16 Å². The van der Waals surface area contributed by atoms with Gasteiger partial charge in [-0.2, -0.15) is 0 Å². The number of rotatable bonds is 3. The van der Waals surface area contributed by atoms with Crippen LogP contribution < -0.4 is 0 Å². The van der Waals surface area contributed by atoms with Crippen molar-refractivity contribution in [1.82, 2.24) is 9.80 Å². The topological polar surface area (TPSA) is 45.1 Å². The van der Waals surface area contributed by atoms with Crippen molar-refractivity contribution in [3.63, 3.8) is 0 Å². The van der Waals surface area contributed by atoms with Gasteiger partial charge >= 0.3 is 0 Å². The van der Waals surface area contributed by atoms with Crippen molar-refractivity contribution in [3.8, 4) is 0 Å². The molecule has 3 aliphatic rings. The lowest BCUT2D eigenvalue weighted by molar-refractivity contribution is -0.144. The number of carbonyl (C=O) groups is 1. The number of hydrogen-bond acceptors (Lipinski definition) is 5. The van der Waals surface area contributed by atoms with Gasteiger partial charge in [-0.25, -0.2) is 0 Å². The van der Waals surface area contributed by atoms with E-state index in [0.717, 1.165) is 47.1 Å². The number of amides is 1. The van der Waals surface area contributed by atoms with E-state index in [1.54, 1.807) is 0 Å². The molecule has 1 aromatic heterocycles. The quantitative estimate of drug-likeness (QED) is 0.825. The van der Waals surface area contributed by atoms with Gasteiger partial charge in [0.2, 0.25) is 6.10 Å². The summed E-state index contributed by atoms with van der Waals surface area (Å²) >= 11 is 7.44. The van der Waals surface area contributed by atoms with Crippen molar-refractivity contribution in [1.29, 1.82) is 0 Å². The van der Waals surface area contributed by atoms with Crippen LogP contribution in [-0.2, 0) is 9.63 Å². The molecule has 24 heavy (non-hydrogen) atoms. The van der Waals surface area contributed by atoms with E-state index in [1.807, 2.05) is 17.0 Å². The molecule has 1 aliphatic carbocycles. The van der Waals surface area contributed by atoms with Crippen LogP contribution in [-0.4, -0.2) is 59.7 Å². The standard InChI is InChI=1S/C17H22ClN3O2S/c18-16-6-5-15(24-16)13-11-14(23-19-13)17(22)21-9-7-20(8-10-21)12-3-1-2-4-12/h5-6,12,14H,1-4,7-11H2. The Labute approximate surface area is 151 Å². The Balaban J connectivity index is 1.30. The highest BCUT2D eigenvalue weighted by Gasteiger charge is 2.35. The predicted octanol–water partition coefficient (Wildman–Crippen LogP) is 2.98. The molecule has 2 fully saturated rings. The highest BCUT2D eigenvalue weighted by molar-refractivity contribution is 7.18. The number of hydrogen-bond donors (Lipinski definition) is 0. The third-order valence-electron chi connectivity index (χ3n) is 5.27. The van der Waals surface area contributed by atoms with Gasteiger partial charge in [0.05, 0.1) is 9.21 Å². The van der Waals surface area contributed by atoms with Crippen LogP contribution in [0.4, 0.5) is 0 Å². The average molecular weight is 368 g/mol. The SMILES string of the molecule is O=C(C1CC(c2ccc(Cl)s2)=NO1)N1CCN(C2CCCC2)CC1.